The molecule has 2 atom stereocenters. The number of rotatable bonds is 11. The summed E-state index contributed by atoms with van der Waals surface area (Å²) >= 11 is 0. The number of para-hydroxylation sites is 1. The highest BCUT2D eigenvalue weighted by atomic mass is 16.6. The van der Waals surface area contributed by atoms with Gasteiger partial charge in [-0.15, -0.1) is 0 Å². The van der Waals surface area contributed by atoms with Gasteiger partial charge in [0, 0.05) is 18.2 Å². The molecule has 0 aliphatic carbocycles. The molecule has 10 nitrogen and oxygen atoms in total. The molecule has 10 heteroatoms. The summed E-state index contributed by atoms with van der Waals surface area (Å²) in [5.41, 5.74) is 0.0397. The van der Waals surface area contributed by atoms with Gasteiger partial charge in [-0.05, 0) is 53.5 Å². The number of nitrogens with one attached hydrogen (secondary N) is 2. The van der Waals surface area contributed by atoms with Gasteiger partial charge in [0.15, 0.2) is 0 Å². The molecule has 1 aromatic carbocycles. The van der Waals surface area contributed by atoms with Crippen molar-refractivity contribution < 1.29 is 33.8 Å². The van der Waals surface area contributed by atoms with Crippen LogP contribution >= 0.6 is 0 Å². The molecule has 196 valence electrons. The van der Waals surface area contributed by atoms with Crippen LogP contribution in [0.5, 0.6) is 5.75 Å². The third kappa shape index (κ3) is 9.46. The van der Waals surface area contributed by atoms with Crippen molar-refractivity contribution in [1.82, 2.24) is 15.5 Å². The second-order valence-electron chi connectivity index (χ2n) is 9.18. The smallest absolute Gasteiger partial charge is 0.408 e. The molecule has 3 amide bonds. The Bertz CT molecular complexity index is 896. The van der Waals surface area contributed by atoms with Gasteiger partial charge in [0.25, 0.3) is 0 Å². The van der Waals surface area contributed by atoms with E-state index in [0.717, 1.165) is 0 Å². The van der Waals surface area contributed by atoms with Crippen LogP contribution in [-0.4, -0.2) is 65.2 Å². The molecule has 1 rings (SSSR count). The summed E-state index contributed by atoms with van der Waals surface area (Å²) in [6.45, 7) is 12.0. The molecule has 3 N–H and O–H groups in total. The summed E-state index contributed by atoms with van der Waals surface area (Å²) in [6.07, 6.45) is -0.287. The average molecular weight is 494 g/mol. The first-order chi connectivity index (χ1) is 16.3. The van der Waals surface area contributed by atoms with E-state index in [-0.39, 0.29) is 30.9 Å². The summed E-state index contributed by atoms with van der Waals surface area (Å²) in [7, 11) is 0. The third-order valence-electron chi connectivity index (χ3n) is 5.16. The summed E-state index contributed by atoms with van der Waals surface area (Å²) in [4.78, 5) is 51.8. The fraction of sp³-hybridized carbons (Fsp3) is 0.600. The molecule has 0 fully saturated rings. The first kappa shape index (κ1) is 29.7. The fourth-order valence-corrected chi connectivity index (χ4v) is 3.33. The molecule has 0 saturated heterocycles. The lowest BCUT2D eigenvalue weighted by Gasteiger charge is -2.36. The van der Waals surface area contributed by atoms with E-state index < -0.39 is 48.1 Å². The van der Waals surface area contributed by atoms with E-state index in [1.807, 2.05) is 6.92 Å². The van der Waals surface area contributed by atoms with E-state index in [2.05, 4.69) is 10.6 Å². The van der Waals surface area contributed by atoms with E-state index in [4.69, 9.17) is 9.47 Å². The van der Waals surface area contributed by atoms with Crippen LogP contribution in [0.15, 0.2) is 18.2 Å². The standard InChI is InChI=1S/C25H39N3O7/c1-8-17(4)28(19(29)15-27-24(33)35-25(5,6)7)21(18-12-10-11-16(3)22(18)31)23(32)26-14-13-20(30)34-9-2/h10-12,17,21,31H,8-9,13-15H2,1-7H3,(H,26,32)(H,27,33). The zero-order chi connectivity index (χ0) is 26.8. The minimum Gasteiger partial charge on any atom is -0.507 e. The van der Waals surface area contributed by atoms with Crippen LogP contribution in [0.2, 0.25) is 0 Å². The monoisotopic (exact) mass is 493 g/mol. The largest absolute Gasteiger partial charge is 0.507 e. The Hall–Kier alpha value is -3.30. The van der Waals surface area contributed by atoms with Crippen molar-refractivity contribution in [3.8, 4) is 5.75 Å². The van der Waals surface area contributed by atoms with Crippen LogP contribution in [0.25, 0.3) is 0 Å². The van der Waals surface area contributed by atoms with Gasteiger partial charge in [0.05, 0.1) is 13.0 Å². The highest BCUT2D eigenvalue weighted by molar-refractivity contribution is 5.91. The maximum Gasteiger partial charge on any atom is 0.408 e. The van der Waals surface area contributed by atoms with Gasteiger partial charge in [0.1, 0.15) is 23.9 Å². The zero-order valence-electron chi connectivity index (χ0n) is 21.8. The molecule has 0 bridgehead atoms. The molecule has 0 spiro atoms. The van der Waals surface area contributed by atoms with Crippen molar-refractivity contribution in [3.63, 3.8) is 0 Å². The number of hydrogen-bond acceptors (Lipinski definition) is 7. The van der Waals surface area contributed by atoms with Crippen molar-refractivity contribution in [1.29, 1.82) is 0 Å². The quantitative estimate of drug-likeness (QED) is 0.404. The molecule has 1 aromatic rings. The minimum absolute atomic E-state index is 0.000556. The number of esters is 1. The summed E-state index contributed by atoms with van der Waals surface area (Å²) in [5.74, 6) is -1.67. The Labute approximate surface area is 207 Å². The Morgan fingerprint density at radius 2 is 1.77 bits per heavy atom. The van der Waals surface area contributed by atoms with Crippen molar-refractivity contribution in [3.05, 3.63) is 29.3 Å². The third-order valence-corrected chi connectivity index (χ3v) is 5.16. The summed E-state index contributed by atoms with van der Waals surface area (Å²) < 4.78 is 10.1. The number of nitrogens with zero attached hydrogens (tertiary/aromatic N) is 1. The van der Waals surface area contributed by atoms with Gasteiger partial charge in [-0.3, -0.25) is 14.4 Å². The maximum atomic E-state index is 13.4. The number of aromatic hydroxyl groups is 1. The molecule has 2 unspecified atom stereocenters. The molecule has 0 aliphatic rings. The predicted molar refractivity (Wildman–Crippen MR) is 131 cm³/mol. The van der Waals surface area contributed by atoms with Gasteiger partial charge >= 0.3 is 12.1 Å². The van der Waals surface area contributed by atoms with Crippen LogP contribution in [0.4, 0.5) is 4.79 Å². The van der Waals surface area contributed by atoms with E-state index in [1.54, 1.807) is 59.7 Å². The Balaban J connectivity index is 3.26. The molecule has 0 aliphatic heterocycles. The number of carbonyl (C=O) groups is 4. The first-order valence-corrected chi connectivity index (χ1v) is 11.8. The second kappa shape index (κ2) is 13.6. The van der Waals surface area contributed by atoms with Gasteiger partial charge in [-0.2, -0.15) is 0 Å². The second-order valence-corrected chi connectivity index (χ2v) is 9.18. The molecule has 0 aromatic heterocycles. The van der Waals surface area contributed by atoms with E-state index in [9.17, 15) is 24.3 Å². The van der Waals surface area contributed by atoms with Crippen LogP contribution in [0.3, 0.4) is 0 Å². The van der Waals surface area contributed by atoms with Crippen LogP contribution in [0.1, 0.15) is 71.6 Å². The van der Waals surface area contributed by atoms with Crippen LogP contribution in [-0.2, 0) is 23.9 Å². The van der Waals surface area contributed by atoms with Crippen LogP contribution in [0, 0.1) is 6.92 Å². The van der Waals surface area contributed by atoms with Crippen molar-refractivity contribution in [2.45, 2.75) is 79.0 Å². The molecular formula is C25H39N3O7. The lowest BCUT2D eigenvalue weighted by atomic mass is 9.98. The minimum atomic E-state index is -1.19. The van der Waals surface area contributed by atoms with E-state index in [0.29, 0.717) is 12.0 Å². The number of aryl methyl sites for hydroxylation is 1. The first-order valence-electron chi connectivity index (χ1n) is 11.8. The Morgan fingerprint density at radius 3 is 2.34 bits per heavy atom. The number of amides is 3. The molecule has 0 heterocycles. The normalized spacial score (nSPS) is 12.8. The number of benzene rings is 1. The summed E-state index contributed by atoms with van der Waals surface area (Å²) in [6, 6.07) is 3.33. The lowest BCUT2D eigenvalue weighted by molar-refractivity contribution is -0.144. The summed E-state index contributed by atoms with van der Waals surface area (Å²) in [5, 5.41) is 15.9. The molecular weight excluding hydrogens is 454 g/mol. The molecule has 35 heavy (non-hydrogen) atoms. The number of carbonyl (C=O) groups excluding carboxylic acids is 4. The molecule has 0 radical (unpaired) electrons. The van der Waals surface area contributed by atoms with Crippen molar-refractivity contribution >= 4 is 23.9 Å². The SMILES string of the molecule is CCOC(=O)CCNC(=O)C(c1cccc(C)c1O)N(C(=O)CNC(=O)OC(C)(C)C)C(C)CC. The number of phenolic OH excluding ortho intramolecular Hbond substituents is 1. The fourth-order valence-electron chi connectivity index (χ4n) is 3.33. The Morgan fingerprint density at radius 1 is 1.11 bits per heavy atom. The van der Waals surface area contributed by atoms with Gasteiger partial charge < -0.3 is 30.1 Å². The average Bonchev–Trinajstić information content (AvgIpc) is 2.76. The molecule has 0 saturated carbocycles. The Kier molecular flexibility index (Phi) is 11.5. The topological polar surface area (TPSA) is 134 Å². The van der Waals surface area contributed by atoms with Crippen LogP contribution < -0.4 is 10.6 Å². The van der Waals surface area contributed by atoms with Crippen molar-refractivity contribution in [2.24, 2.45) is 0 Å². The van der Waals surface area contributed by atoms with E-state index >= 15 is 0 Å². The number of ether oxygens (including phenoxy) is 2. The van der Waals surface area contributed by atoms with Crippen molar-refractivity contribution in [2.75, 3.05) is 19.7 Å². The van der Waals surface area contributed by atoms with Gasteiger partial charge in [-0.25, -0.2) is 4.79 Å². The predicted octanol–water partition coefficient (Wildman–Crippen LogP) is 2.96. The lowest BCUT2D eigenvalue weighted by Crippen LogP contribution is -2.51. The maximum absolute atomic E-state index is 13.4. The van der Waals surface area contributed by atoms with Gasteiger partial charge in [-0.1, -0.05) is 25.1 Å². The number of phenols is 1. The highest BCUT2D eigenvalue weighted by Crippen LogP contribution is 2.33. The van der Waals surface area contributed by atoms with Gasteiger partial charge in [0.2, 0.25) is 11.8 Å². The zero-order valence-corrected chi connectivity index (χ0v) is 21.8. The van der Waals surface area contributed by atoms with E-state index in [1.165, 1.54) is 4.90 Å². The number of hydrogen-bond donors (Lipinski definition) is 3. The highest BCUT2D eigenvalue weighted by Gasteiger charge is 2.36. The number of alkyl carbamates (subject to hydrolysis) is 1.